The minimum Gasteiger partial charge on any atom is -0.396 e. The number of benzene rings is 1. The lowest BCUT2D eigenvalue weighted by molar-refractivity contribution is -0.330. The van der Waals surface area contributed by atoms with Gasteiger partial charge in [0.05, 0.1) is 24.9 Å². The molecule has 16 N–H and O–H groups in total. The van der Waals surface area contributed by atoms with E-state index >= 15 is 4.39 Å². The zero-order chi connectivity index (χ0) is 36.3. The summed E-state index contributed by atoms with van der Waals surface area (Å²) in [4.78, 5) is 0. The van der Waals surface area contributed by atoms with Gasteiger partial charge in [0.15, 0.2) is 25.0 Å². The molecule has 0 amide bonds. The fourth-order valence-corrected chi connectivity index (χ4v) is 6.81. The van der Waals surface area contributed by atoms with Gasteiger partial charge in [-0.25, -0.2) is 4.39 Å². The van der Waals surface area contributed by atoms with Crippen molar-refractivity contribution in [3.63, 3.8) is 0 Å². The van der Waals surface area contributed by atoms with Crippen molar-refractivity contribution in [2.45, 2.75) is 136 Å². The molecule has 1 aromatic rings. The van der Waals surface area contributed by atoms with Crippen LogP contribution < -0.4 is 28.7 Å². The summed E-state index contributed by atoms with van der Waals surface area (Å²) >= 11 is 0. The highest BCUT2D eigenvalue weighted by Crippen LogP contribution is 2.36. The van der Waals surface area contributed by atoms with Gasteiger partial charge in [-0.2, -0.15) is 0 Å². The first kappa shape index (κ1) is 39.6. The lowest BCUT2D eigenvalue weighted by Crippen LogP contribution is -2.67. The third-order valence-electron chi connectivity index (χ3n) is 9.74. The van der Waals surface area contributed by atoms with Crippen LogP contribution >= 0.6 is 0 Å². The van der Waals surface area contributed by atoms with Crippen LogP contribution in [-0.2, 0) is 39.8 Å². The Hall–Kier alpha value is -1.57. The smallest absolute Gasteiger partial charge is 0.187 e. The molecule has 1 aliphatic carbocycles. The van der Waals surface area contributed by atoms with Crippen LogP contribution in [-0.4, -0.2) is 167 Å². The van der Waals surface area contributed by atoms with Crippen molar-refractivity contribution in [1.82, 2.24) is 0 Å². The van der Waals surface area contributed by atoms with Crippen LogP contribution in [0.15, 0.2) is 30.3 Å². The lowest BCUT2D eigenvalue weighted by Gasteiger charge is -2.47. The molecule has 1 saturated carbocycles. The van der Waals surface area contributed by atoms with E-state index in [9.17, 15) is 30.6 Å². The molecule has 1 aromatic carbocycles. The van der Waals surface area contributed by atoms with E-state index in [1.54, 1.807) is 24.3 Å². The topological polar surface area (TPSA) is 316 Å². The minimum atomic E-state index is -1.98. The van der Waals surface area contributed by atoms with E-state index in [-0.39, 0.29) is 39.1 Å². The van der Waals surface area contributed by atoms with Gasteiger partial charge < -0.3 is 92.5 Å². The first-order valence-electron chi connectivity index (χ1n) is 16.8. The van der Waals surface area contributed by atoms with Crippen LogP contribution in [0.4, 0.5) is 4.39 Å². The summed E-state index contributed by atoms with van der Waals surface area (Å²) in [6.45, 7) is -0.850. The van der Waals surface area contributed by atoms with Crippen LogP contribution in [0, 0.1) is 0 Å². The molecule has 19 atom stereocenters. The molecule has 18 nitrogen and oxygen atoms in total. The summed E-state index contributed by atoms with van der Waals surface area (Å²) in [5.74, 6) is 0. The monoisotopic (exact) mass is 721 g/mol. The summed E-state index contributed by atoms with van der Waals surface area (Å²) in [5.41, 5.74) is 30.9. The molecule has 50 heavy (non-hydrogen) atoms. The summed E-state index contributed by atoms with van der Waals surface area (Å²) in [7, 11) is 0. The number of hydrogen-bond acceptors (Lipinski definition) is 18. The number of aliphatic hydroxyl groups is 6. The third kappa shape index (κ3) is 8.46. The maximum Gasteiger partial charge on any atom is 0.187 e. The van der Waals surface area contributed by atoms with Gasteiger partial charge in [-0.1, -0.05) is 30.3 Å². The Bertz CT molecular complexity index is 1190. The van der Waals surface area contributed by atoms with E-state index in [2.05, 4.69) is 0 Å². The molecule has 3 saturated heterocycles. The Balaban J connectivity index is 1.35. The minimum absolute atomic E-state index is 0.0434. The van der Waals surface area contributed by atoms with E-state index in [4.69, 9.17) is 61.8 Å². The van der Waals surface area contributed by atoms with Gasteiger partial charge in [0.1, 0.15) is 61.0 Å². The molecule has 286 valence electrons. The summed E-state index contributed by atoms with van der Waals surface area (Å²) < 4.78 is 57.4. The number of hydrogen-bond donors (Lipinski definition) is 11. The predicted octanol–water partition coefficient (Wildman–Crippen LogP) is -5.27. The fourth-order valence-electron chi connectivity index (χ4n) is 6.81. The van der Waals surface area contributed by atoms with Crippen LogP contribution in [0.1, 0.15) is 18.4 Å². The van der Waals surface area contributed by atoms with E-state index < -0.39 is 116 Å². The summed E-state index contributed by atoms with van der Waals surface area (Å²) in [6, 6.07) is 5.86. The van der Waals surface area contributed by atoms with Crippen molar-refractivity contribution < 1.29 is 68.2 Å². The molecular weight excluding hydrogens is 669 g/mol. The van der Waals surface area contributed by atoms with Gasteiger partial charge in [0, 0.05) is 31.8 Å². The van der Waals surface area contributed by atoms with E-state index in [1.165, 1.54) is 0 Å². The molecule has 0 aromatic heterocycles. The fraction of sp³-hybridized carbons (Fsp3) is 0.806. The molecule has 5 rings (SSSR count). The predicted molar refractivity (Wildman–Crippen MR) is 169 cm³/mol. The average molecular weight is 722 g/mol. The second-order valence-corrected chi connectivity index (χ2v) is 13.2. The molecule has 0 spiro atoms. The number of ether oxygens (including phenoxy) is 7. The van der Waals surface area contributed by atoms with E-state index in [0.717, 1.165) is 5.56 Å². The lowest BCUT2D eigenvalue weighted by atomic mass is 9.84. The van der Waals surface area contributed by atoms with Crippen LogP contribution in [0.2, 0.25) is 0 Å². The molecule has 19 heteroatoms. The molecule has 3 aliphatic heterocycles. The molecule has 0 unspecified atom stereocenters. The average Bonchev–Trinajstić information content (AvgIpc) is 3.39. The second-order valence-electron chi connectivity index (χ2n) is 13.2. The van der Waals surface area contributed by atoms with Crippen molar-refractivity contribution in [3.8, 4) is 0 Å². The molecule has 4 fully saturated rings. The SMILES string of the molecule is NC[C@@H]1O[C@H](O[C@H]2[C@@H](O)[C@H](O[C@@H]3[C@@H](O)[C@H](N)C[C@H](N)[C@H]3O[C@H]3O[C@H](CN)[C@@H](O)[C@H](F)[C@H]3OCc3ccccc3)O[C@@H]2CCO)[C@H](N)[C@@H](O)[C@@H]1O. The molecule has 3 heterocycles. The molecule has 0 radical (unpaired) electrons. The normalized spacial score (nSPS) is 47.0. The van der Waals surface area contributed by atoms with E-state index in [0.29, 0.717) is 0 Å². The first-order chi connectivity index (χ1) is 23.9. The maximum atomic E-state index is 15.7. The molecular formula is C31H52FN5O13. The number of alkyl halides is 1. The van der Waals surface area contributed by atoms with Crippen LogP contribution in [0.3, 0.4) is 0 Å². The maximum absolute atomic E-state index is 15.7. The highest BCUT2D eigenvalue weighted by atomic mass is 19.1. The third-order valence-corrected chi connectivity index (χ3v) is 9.74. The Morgan fingerprint density at radius 1 is 0.660 bits per heavy atom. The van der Waals surface area contributed by atoms with Crippen molar-refractivity contribution in [1.29, 1.82) is 0 Å². The second kappa shape index (κ2) is 17.5. The van der Waals surface area contributed by atoms with Crippen LogP contribution in [0.5, 0.6) is 0 Å². The number of halogens is 1. The van der Waals surface area contributed by atoms with Gasteiger partial charge in [-0.05, 0) is 18.4 Å². The largest absolute Gasteiger partial charge is 0.396 e. The van der Waals surface area contributed by atoms with Crippen molar-refractivity contribution in [3.05, 3.63) is 35.9 Å². The van der Waals surface area contributed by atoms with E-state index in [1.807, 2.05) is 6.07 Å². The number of aliphatic hydroxyl groups excluding tert-OH is 6. The van der Waals surface area contributed by atoms with Crippen molar-refractivity contribution >= 4 is 0 Å². The van der Waals surface area contributed by atoms with Crippen molar-refractivity contribution in [2.75, 3.05) is 19.7 Å². The standard InChI is InChI=1S/C31H52FN5O13/c32-18-21(40)16(9-33)47-31(27(18)44-11-12-4-2-1-3-5-12)48-25-14(36)8-13(35)20(39)28(25)50-30-24(43)26(15(45-30)6-7-38)49-29-19(37)23(42)22(41)17(10-34)46-29/h1-5,13-31,38-43H,6-11,33-37H2/t13-,14+,15-,16-,17+,18+,19-,20+,21-,22-,23-,24-,25-,26-,27-,28-,29-,30+,31-/m1/s1. The van der Waals surface area contributed by atoms with Crippen molar-refractivity contribution in [2.24, 2.45) is 28.7 Å². The number of nitrogens with two attached hydrogens (primary N) is 5. The quantitative estimate of drug-likeness (QED) is 0.0906. The molecule has 4 aliphatic rings. The molecule has 0 bridgehead atoms. The Labute approximate surface area is 288 Å². The zero-order valence-corrected chi connectivity index (χ0v) is 27.4. The first-order valence-corrected chi connectivity index (χ1v) is 16.8. The van der Waals surface area contributed by atoms with Gasteiger partial charge in [0.2, 0.25) is 0 Å². The van der Waals surface area contributed by atoms with Gasteiger partial charge in [-0.3, -0.25) is 0 Å². The highest BCUT2D eigenvalue weighted by Gasteiger charge is 2.55. The van der Waals surface area contributed by atoms with Gasteiger partial charge in [-0.15, -0.1) is 0 Å². The van der Waals surface area contributed by atoms with Gasteiger partial charge >= 0.3 is 0 Å². The Morgan fingerprint density at radius 2 is 1.26 bits per heavy atom. The summed E-state index contributed by atoms with van der Waals surface area (Å²) in [5, 5.41) is 63.6. The Morgan fingerprint density at radius 3 is 1.92 bits per heavy atom. The zero-order valence-electron chi connectivity index (χ0n) is 27.4. The van der Waals surface area contributed by atoms with Crippen LogP contribution in [0.25, 0.3) is 0 Å². The van der Waals surface area contributed by atoms with Gasteiger partial charge in [0.25, 0.3) is 0 Å². The summed E-state index contributed by atoms with van der Waals surface area (Å²) in [6.07, 6.45) is -22.4. The Kier molecular flexibility index (Phi) is 13.9. The highest BCUT2D eigenvalue weighted by molar-refractivity contribution is 5.13. The number of rotatable bonds is 13.